The van der Waals surface area contributed by atoms with E-state index in [1.807, 2.05) is 0 Å². The van der Waals surface area contributed by atoms with E-state index in [1.54, 1.807) is 0 Å². The highest BCUT2D eigenvalue weighted by Gasteiger charge is 2.32. The fourth-order valence-electron chi connectivity index (χ4n) is 2.19. The molecular weight excluding hydrogens is 182 g/mol. The van der Waals surface area contributed by atoms with Crippen LogP contribution in [-0.4, -0.2) is 6.04 Å². The van der Waals surface area contributed by atoms with Crippen LogP contribution in [0.4, 0.5) is 5.69 Å². The summed E-state index contributed by atoms with van der Waals surface area (Å²) < 4.78 is 0. The molecule has 0 saturated carbocycles. The van der Waals surface area contributed by atoms with Crippen LogP contribution in [0.5, 0.6) is 0 Å². The van der Waals surface area contributed by atoms with Crippen molar-refractivity contribution < 1.29 is 0 Å². The normalized spacial score (nSPS) is 20.1. The lowest BCUT2D eigenvalue weighted by Crippen LogP contribution is -2.26. The van der Waals surface area contributed by atoms with Crippen LogP contribution in [0.25, 0.3) is 0 Å². The van der Waals surface area contributed by atoms with Crippen LogP contribution in [0, 0.1) is 12.5 Å². The van der Waals surface area contributed by atoms with E-state index in [0.29, 0.717) is 17.9 Å². The molecule has 0 aliphatic carbocycles. The first-order valence-corrected chi connectivity index (χ1v) is 5.75. The van der Waals surface area contributed by atoms with Crippen molar-refractivity contribution in [2.45, 2.75) is 39.7 Å². The molecule has 1 aromatic carbocycles. The molecule has 1 nitrogen and oxygen atoms in total. The second kappa shape index (κ2) is 3.88. The van der Waals surface area contributed by atoms with Crippen LogP contribution in [-0.2, 0) is 0 Å². The average molecular weight is 201 g/mol. The first-order valence-electron chi connectivity index (χ1n) is 5.75. The van der Waals surface area contributed by atoms with Crippen LogP contribution < -0.4 is 4.90 Å². The molecule has 1 aliphatic heterocycles. The van der Waals surface area contributed by atoms with Crippen molar-refractivity contribution >= 4 is 5.69 Å². The number of hydrogen-bond acceptors (Lipinski definition) is 1. The Morgan fingerprint density at radius 3 is 2.40 bits per heavy atom. The van der Waals surface area contributed by atoms with Crippen LogP contribution in [0.3, 0.4) is 0 Å². The average Bonchev–Trinajstić information content (AvgIpc) is 2.56. The number of rotatable bonds is 2. The van der Waals surface area contributed by atoms with Crippen molar-refractivity contribution in [3.63, 3.8) is 0 Å². The van der Waals surface area contributed by atoms with Crippen LogP contribution in [0.1, 0.15) is 39.2 Å². The van der Waals surface area contributed by atoms with E-state index in [2.05, 4.69) is 63.4 Å². The predicted octanol–water partition coefficient (Wildman–Crippen LogP) is 3.69. The maximum absolute atomic E-state index is 3.59. The van der Waals surface area contributed by atoms with Gasteiger partial charge in [0.25, 0.3) is 0 Å². The summed E-state index contributed by atoms with van der Waals surface area (Å²) in [5, 5.41) is 0. The molecule has 80 valence electrons. The highest BCUT2D eigenvalue weighted by Crippen LogP contribution is 2.43. The van der Waals surface area contributed by atoms with Gasteiger partial charge in [0.15, 0.2) is 0 Å². The molecule has 1 atom stereocenters. The zero-order chi connectivity index (χ0) is 11.0. The summed E-state index contributed by atoms with van der Waals surface area (Å²) in [6, 6.07) is 9.16. The number of benzene rings is 1. The zero-order valence-electron chi connectivity index (χ0n) is 9.99. The summed E-state index contributed by atoms with van der Waals surface area (Å²) in [6.07, 6.45) is 0. The van der Waals surface area contributed by atoms with E-state index in [9.17, 15) is 0 Å². The summed E-state index contributed by atoms with van der Waals surface area (Å²) in [4.78, 5) is 2.28. The predicted molar refractivity (Wildman–Crippen MR) is 64.9 cm³/mol. The van der Waals surface area contributed by atoms with Gasteiger partial charge in [-0.05, 0) is 31.4 Å². The Morgan fingerprint density at radius 1 is 1.13 bits per heavy atom. The van der Waals surface area contributed by atoms with E-state index < -0.39 is 0 Å². The molecule has 0 fully saturated rings. The lowest BCUT2D eigenvalue weighted by molar-refractivity contribution is 0.549. The van der Waals surface area contributed by atoms with Crippen molar-refractivity contribution in [2.75, 3.05) is 4.90 Å². The summed E-state index contributed by atoms with van der Waals surface area (Å²) >= 11 is 0. The molecule has 0 saturated heterocycles. The van der Waals surface area contributed by atoms with Crippen molar-refractivity contribution in [2.24, 2.45) is 5.92 Å². The molecule has 2 rings (SSSR count). The Morgan fingerprint density at radius 2 is 1.80 bits per heavy atom. The third-order valence-corrected chi connectivity index (χ3v) is 2.99. The molecule has 1 aromatic rings. The maximum Gasteiger partial charge on any atom is 0.0998 e. The second-order valence-electron chi connectivity index (χ2n) is 4.87. The monoisotopic (exact) mass is 201 g/mol. The first kappa shape index (κ1) is 10.5. The first-order chi connectivity index (χ1) is 7.11. The van der Waals surface area contributed by atoms with Crippen molar-refractivity contribution in [3.05, 3.63) is 36.4 Å². The largest absolute Gasteiger partial charge is 0.358 e. The third kappa shape index (κ3) is 1.75. The van der Waals surface area contributed by atoms with Crippen LogP contribution in [0.2, 0.25) is 0 Å². The smallest absolute Gasteiger partial charge is 0.0998 e. The van der Waals surface area contributed by atoms with Gasteiger partial charge in [-0.3, -0.25) is 0 Å². The number of hydrogen-bond donors (Lipinski definition) is 0. The fraction of sp³-hybridized carbons (Fsp3) is 0.500. The zero-order valence-corrected chi connectivity index (χ0v) is 9.99. The van der Waals surface area contributed by atoms with Crippen LogP contribution >= 0.6 is 0 Å². The lowest BCUT2D eigenvalue weighted by atomic mass is 9.90. The van der Waals surface area contributed by atoms with Gasteiger partial charge >= 0.3 is 0 Å². The van der Waals surface area contributed by atoms with E-state index in [1.165, 1.54) is 11.3 Å². The molecule has 1 aliphatic rings. The molecule has 0 amide bonds. The Bertz CT molecular complexity index is 308. The molecule has 1 unspecified atom stereocenters. The van der Waals surface area contributed by atoms with Crippen molar-refractivity contribution in [3.8, 4) is 0 Å². The molecule has 0 bridgehead atoms. The summed E-state index contributed by atoms with van der Waals surface area (Å²) in [5.74, 6) is 1.08. The van der Waals surface area contributed by atoms with Gasteiger partial charge in [0, 0.05) is 17.6 Å². The Labute approximate surface area is 93.1 Å². The van der Waals surface area contributed by atoms with Crippen molar-refractivity contribution in [1.82, 2.24) is 0 Å². The standard InChI is InChI=1S/C14H19N/c1-10(2)13-9-15(11(3)4)14-8-6-5-7-12(13)14/h5-8,10-11,13H,1-4H3. The molecule has 0 aromatic heterocycles. The minimum Gasteiger partial charge on any atom is -0.358 e. The molecule has 2 radical (unpaired) electrons. The highest BCUT2D eigenvalue weighted by atomic mass is 15.2. The lowest BCUT2D eigenvalue weighted by Gasteiger charge is -2.23. The quantitative estimate of drug-likeness (QED) is 0.705. The summed E-state index contributed by atoms with van der Waals surface area (Å²) in [7, 11) is 0. The van der Waals surface area contributed by atoms with Gasteiger partial charge < -0.3 is 4.90 Å². The van der Waals surface area contributed by atoms with Gasteiger partial charge in [0.05, 0.1) is 6.54 Å². The minimum atomic E-state index is 0.462. The van der Waals surface area contributed by atoms with Gasteiger partial charge in [-0.25, -0.2) is 0 Å². The van der Waals surface area contributed by atoms with E-state index >= 15 is 0 Å². The van der Waals surface area contributed by atoms with Gasteiger partial charge in [0.1, 0.15) is 0 Å². The SMILES string of the molecule is CC(C)C1[C]N(C(C)C)c2ccccc21. The summed E-state index contributed by atoms with van der Waals surface area (Å²) in [6.45, 7) is 12.5. The van der Waals surface area contributed by atoms with Gasteiger partial charge in [0.2, 0.25) is 0 Å². The third-order valence-electron chi connectivity index (χ3n) is 2.99. The Balaban J connectivity index is 2.39. The van der Waals surface area contributed by atoms with Crippen molar-refractivity contribution in [1.29, 1.82) is 0 Å². The number of fused-ring (bicyclic) bond motifs is 1. The number of para-hydroxylation sites is 1. The number of nitrogens with zero attached hydrogens (tertiary/aromatic N) is 1. The molecule has 15 heavy (non-hydrogen) atoms. The number of anilines is 1. The van der Waals surface area contributed by atoms with Gasteiger partial charge in [-0.2, -0.15) is 0 Å². The van der Waals surface area contributed by atoms with Crippen LogP contribution in [0.15, 0.2) is 24.3 Å². The molecule has 1 heterocycles. The molecule has 0 spiro atoms. The molecule has 1 heteroatoms. The Hall–Kier alpha value is -0.980. The Kier molecular flexibility index (Phi) is 2.72. The van der Waals surface area contributed by atoms with Gasteiger partial charge in [-0.15, -0.1) is 0 Å². The minimum absolute atomic E-state index is 0.462. The topological polar surface area (TPSA) is 3.24 Å². The fourth-order valence-corrected chi connectivity index (χ4v) is 2.19. The molecular formula is C14H19N. The molecule has 0 N–H and O–H groups in total. The highest BCUT2D eigenvalue weighted by molar-refractivity contribution is 5.63. The van der Waals surface area contributed by atoms with E-state index in [0.717, 1.165) is 0 Å². The van der Waals surface area contributed by atoms with Gasteiger partial charge in [-0.1, -0.05) is 32.0 Å². The van der Waals surface area contributed by atoms with E-state index in [4.69, 9.17) is 0 Å². The van der Waals surface area contributed by atoms with E-state index in [-0.39, 0.29) is 0 Å². The maximum atomic E-state index is 3.59. The second-order valence-corrected chi connectivity index (χ2v) is 4.87. The summed E-state index contributed by atoms with van der Waals surface area (Å²) in [5.41, 5.74) is 2.77.